The number of hydrogen-bond donors (Lipinski definition) is 1. The smallest absolute Gasteiger partial charge is 0.289 e. The molecule has 5 nitrogen and oxygen atoms in total. The lowest BCUT2D eigenvalue weighted by atomic mass is 9.98. The summed E-state index contributed by atoms with van der Waals surface area (Å²) in [7, 11) is 0. The van der Waals surface area contributed by atoms with E-state index in [2.05, 4.69) is 5.32 Å². The van der Waals surface area contributed by atoms with Crippen molar-refractivity contribution in [1.29, 1.82) is 0 Å². The van der Waals surface area contributed by atoms with Gasteiger partial charge in [-0.05, 0) is 41.0 Å². The number of nitrogens with zero attached hydrogens (tertiary/aromatic N) is 1. The van der Waals surface area contributed by atoms with Gasteiger partial charge in [0.05, 0.1) is 18.3 Å². The van der Waals surface area contributed by atoms with E-state index in [1.54, 1.807) is 36.4 Å². The van der Waals surface area contributed by atoms with Gasteiger partial charge in [0.15, 0.2) is 0 Å². The van der Waals surface area contributed by atoms with Crippen LogP contribution < -0.4 is 5.32 Å². The van der Waals surface area contributed by atoms with Crippen LogP contribution in [0.4, 0.5) is 4.79 Å². The van der Waals surface area contributed by atoms with Crippen LogP contribution in [-0.4, -0.2) is 27.7 Å². The SMILES string of the molecule is O=C(NC(c1ccccc1)c1ccc(Cl)cc1)c1cccc(CN2C(=O)CSC2=O)c1. The van der Waals surface area contributed by atoms with Crippen molar-refractivity contribution >= 4 is 40.4 Å². The molecule has 156 valence electrons. The van der Waals surface area contributed by atoms with E-state index in [1.807, 2.05) is 42.5 Å². The summed E-state index contributed by atoms with van der Waals surface area (Å²) in [5.41, 5.74) is 3.03. The minimum Gasteiger partial charge on any atom is -0.341 e. The summed E-state index contributed by atoms with van der Waals surface area (Å²) in [6.07, 6.45) is 0. The number of rotatable bonds is 6. The van der Waals surface area contributed by atoms with Crippen molar-refractivity contribution in [2.75, 3.05) is 5.75 Å². The third-order valence-electron chi connectivity index (χ3n) is 4.98. The molecule has 0 spiro atoms. The van der Waals surface area contributed by atoms with Gasteiger partial charge in [-0.1, -0.05) is 78.0 Å². The zero-order valence-electron chi connectivity index (χ0n) is 16.5. The molecule has 0 aromatic heterocycles. The Bertz CT molecular complexity index is 1100. The summed E-state index contributed by atoms with van der Waals surface area (Å²) in [5, 5.41) is 3.46. The molecule has 1 aliphatic rings. The first-order valence-corrected chi connectivity index (χ1v) is 11.0. The average Bonchev–Trinajstić information content (AvgIpc) is 3.11. The second kappa shape index (κ2) is 9.37. The molecule has 1 fully saturated rings. The van der Waals surface area contributed by atoms with E-state index < -0.39 is 0 Å². The van der Waals surface area contributed by atoms with Crippen LogP contribution >= 0.6 is 23.4 Å². The van der Waals surface area contributed by atoms with Crippen LogP contribution in [0, 0.1) is 0 Å². The van der Waals surface area contributed by atoms with E-state index >= 15 is 0 Å². The lowest BCUT2D eigenvalue weighted by Crippen LogP contribution is -2.30. The standard InChI is InChI=1S/C24H19ClN2O3S/c25-20-11-9-18(10-12-20)22(17-6-2-1-3-7-17)26-23(29)19-8-4-5-16(13-19)14-27-21(28)15-31-24(27)30/h1-13,22H,14-15H2,(H,26,29). The summed E-state index contributed by atoms with van der Waals surface area (Å²) in [6, 6.07) is 23.7. The molecule has 0 bridgehead atoms. The van der Waals surface area contributed by atoms with E-state index in [1.165, 1.54) is 4.90 Å². The van der Waals surface area contributed by atoms with Gasteiger partial charge in [-0.2, -0.15) is 0 Å². The van der Waals surface area contributed by atoms with Gasteiger partial charge < -0.3 is 5.32 Å². The first kappa shape index (κ1) is 21.2. The Morgan fingerprint density at radius 1 is 0.968 bits per heavy atom. The molecule has 3 aromatic carbocycles. The van der Waals surface area contributed by atoms with Crippen LogP contribution in [0.5, 0.6) is 0 Å². The zero-order chi connectivity index (χ0) is 21.8. The van der Waals surface area contributed by atoms with Crippen LogP contribution in [0.2, 0.25) is 5.02 Å². The highest BCUT2D eigenvalue weighted by Crippen LogP contribution is 2.25. The fourth-order valence-corrected chi connectivity index (χ4v) is 4.25. The molecule has 31 heavy (non-hydrogen) atoms. The normalized spacial score (nSPS) is 14.5. The Kier molecular flexibility index (Phi) is 6.39. The summed E-state index contributed by atoms with van der Waals surface area (Å²) in [4.78, 5) is 38.1. The Morgan fingerprint density at radius 2 is 1.68 bits per heavy atom. The number of nitrogens with one attached hydrogen (secondary N) is 1. The number of imide groups is 1. The molecule has 0 aliphatic carbocycles. The minimum atomic E-state index is -0.354. The number of amides is 3. The molecule has 1 N–H and O–H groups in total. The predicted octanol–water partition coefficient (Wildman–Crippen LogP) is 5.05. The van der Waals surface area contributed by atoms with Gasteiger partial charge >= 0.3 is 0 Å². The van der Waals surface area contributed by atoms with E-state index in [4.69, 9.17) is 11.6 Å². The van der Waals surface area contributed by atoms with Gasteiger partial charge in [-0.25, -0.2) is 0 Å². The Labute approximate surface area is 189 Å². The molecule has 1 heterocycles. The van der Waals surface area contributed by atoms with E-state index in [0.29, 0.717) is 10.6 Å². The van der Waals surface area contributed by atoms with E-state index in [-0.39, 0.29) is 35.4 Å². The highest BCUT2D eigenvalue weighted by molar-refractivity contribution is 8.14. The number of hydrogen-bond acceptors (Lipinski definition) is 4. The third kappa shape index (κ3) is 4.98. The molecule has 0 saturated carbocycles. The third-order valence-corrected chi connectivity index (χ3v) is 6.09. The predicted molar refractivity (Wildman–Crippen MR) is 122 cm³/mol. The second-order valence-corrected chi connectivity index (χ2v) is 8.47. The monoisotopic (exact) mass is 450 g/mol. The Balaban J connectivity index is 1.57. The average molecular weight is 451 g/mol. The lowest BCUT2D eigenvalue weighted by molar-refractivity contribution is -0.125. The maximum absolute atomic E-state index is 13.1. The molecule has 0 radical (unpaired) electrons. The molecular formula is C24H19ClN2O3S. The second-order valence-electron chi connectivity index (χ2n) is 7.10. The van der Waals surface area contributed by atoms with Crippen molar-refractivity contribution < 1.29 is 14.4 Å². The molecule has 3 aromatic rings. The number of carbonyl (C=O) groups is 3. The number of carbonyl (C=O) groups excluding carboxylic acids is 3. The molecule has 1 unspecified atom stereocenters. The molecule has 1 saturated heterocycles. The van der Waals surface area contributed by atoms with Gasteiger partial charge in [0.25, 0.3) is 11.1 Å². The molecule has 1 atom stereocenters. The molecule has 7 heteroatoms. The summed E-state index contributed by atoms with van der Waals surface area (Å²) in [5.74, 6) is -0.297. The highest BCUT2D eigenvalue weighted by Gasteiger charge is 2.29. The van der Waals surface area contributed by atoms with Crippen molar-refractivity contribution in [1.82, 2.24) is 10.2 Å². The van der Waals surface area contributed by atoms with E-state index in [0.717, 1.165) is 28.5 Å². The largest absolute Gasteiger partial charge is 0.341 e. The maximum Gasteiger partial charge on any atom is 0.289 e. The van der Waals surface area contributed by atoms with Crippen molar-refractivity contribution in [2.45, 2.75) is 12.6 Å². The first-order chi connectivity index (χ1) is 15.0. The Hall–Kier alpha value is -3.09. The summed E-state index contributed by atoms with van der Waals surface area (Å²) < 4.78 is 0. The van der Waals surface area contributed by atoms with Crippen molar-refractivity contribution in [3.8, 4) is 0 Å². The summed E-state index contributed by atoms with van der Waals surface area (Å²) in [6.45, 7) is 0.158. The number of thioether (sulfide) groups is 1. The number of benzene rings is 3. The van der Waals surface area contributed by atoms with Crippen LogP contribution in [0.1, 0.15) is 33.1 Å². The van der Waals surface area contributed by atoms with Gasteiger partial charge in [0, 0.05) is 10.6 Å². The molecule has 3 amide bonds. The van der Waals surface area contributed by atoms with Gasteiger partial charge in [0.2, 0.25) is 5.91 Å². The zero-order valence-corrected chi connectivity index (χ0v) is 18.0. The van der Waals surface area contributed by atoms with Crippen molar-refractivity contribution in [3.05, 3.63) is 106 Å². The minimum absolute atomic E-state index is 0.158. The van der Waals surface area contributed by atoms with Gasteiger partial charge in [0.1, 0.15) is 0 Å². The molecular weight excluding hydrogens is 432 g/mol. The van der Waals surface area contributed by atoms with E-state index in [9.17, 15) is 14.4 Å². The van der Waals surface area contributed by atoms with Crippen molar-refractivity contribution in [2.24, 2.45) is 0 Å². The van der Waals surface area contributed by atoms with Crippen molar-refractivity contribution in [3.63, 3.8) is 0 Å². The fourth-order valence-electron chi connectivity index (χ4n) is 3.40. The van der Waals surface area contributed by atoms with Crippen LogP contribution in [-0.2, 0) is 11.3 Å². The summed E-state index contributed by atoms with van der Waals surface area (Å²) >= 11 is 7.03. The number of halogens is 1. The van der Waals surface area contributed by atoms with Gasteiger partial charge in [-0.15, -0.1) is 0 Å². The first-order valence-electron chi connectivity index (χ1n) is 9.68. The highest BCUT2D eigenvalue weighted by atomic mass is 35.5. The quantitative estimate of drug-likeness (QED) is 0.570. The lowest BCUT2D eigenvalue weighted by Gasteiger charge is -2.20. The fraction of sp³-hybridized carbons (Fsp3) is 0.125. The van der Waals surface area contributed by atoms with Crippen LogP contribution in [0.25, 0.3) is 0 Å². The topological polar surface area (TPSA) is 66.5 Å². The Morgan fingerprint density at radius 3 is 2.35 bits per heavy atom. The van der Waals surface area contributed by atoms with Crippen LogP contribution in [0.3, 0.4) is 0 Å². The molecule has 1 aliphatic heterocycles. The maximum atomic E-state index is 13.1. The van der Waals surface area contributed by atoms with Gasteiger partial charge in [-0.3, -0.25) is 19.3 Å². The van der Waals surface area contributed by atoms with Crippen LogP contribution in [0.15, 0.2) is 78.9 Å². The molecule has 4 rings (SSSR count).